The molecule has 1 saturated carbocycles. The van der Waals surface area contributed by atoms with Crippen LogP contribution in [0.4, 0.5) is 0 Å². The lowest BCUT2D eigenvalue weighted by Gasteiger charge is -2.27. The van der Waals surface area contributed by atoms with Crippen LogP contribution in [0, 0.1) is 0 Å². The highest BCUT2D eigenvalue weighted by Crippen LogP contribution is 2.41. The molecule has 4 rings (SSSR count). The maximum atomic E-state index is 12.1. The van der Waals surface area contributed by atoms with E-state index in [1.54, 1.807) is 6.20 Å². The highest BCUT2D eigenvalue weighted by molar-refractivity contribution is 5.83. The van der Waals surface area contributed by atoms with Gasteiger partial charge in [-0.3, -0.25) is 9.78 Å². The normalized spacial score (nSPS) is 26.4. The van der Waals surface area contributed by atoms with Crippen molar-refractivity contribution in [1.29, 1.82) is 0 Å². The molecule has 2 heterocycles. The number of carbonyl (C=O) groups excluding carboxylic acids is 1. The van der Waals surface area contributed by atoms with Gasteiger partial charge in [-0.2, -0.15) is 0 Å². The number of aromatic nitrogens is 1. The van der Waals surface area contributed by atoms with Crippen LogP contribution in [-0.4, -0.2) is 27.9 Å². The topological polar surface area (TPSA) is 59.2 Å². The summed E-state index contributed by atoms with van der Waals surface area (Å²) >= 11 is 0. The smallest absolute Gasteiger partial charge is 0.225 e. The number of carbonyl (C=O) groups is 1. The Morgan fingerprint density at radius 2 is 2.10 bits per heavy atom. The average Bonchev–Trinajstić information content (AvgIpc) is 3.24. The maximum Gasteiger partial charge on any atom is 0.225 e. The Kier molecular flexibility index (Phi) is 2.54. The summed E-state index contributed by atoms with van der Waals surface area (Å²) in [6.07, 6.45) is 4.49. The predicted molar refractivity (Wildman–Crippen MR) is 76.9 cm³/mol. The van der Waals surface area contributed by atoms with Crippen molar-refractivity contribution < 1.29 is 4.79 Å². The molecule has 0 bridgehead atoms. The van der Waals surface area contributed by atoms with Gasteiger partial charge in [-0.25, -0.2) is 0 Å². The minimum atomic E-state index is -0.0998. The molecule has 2 aromatic rings. The number of hydrogen-bond donors (Lipinski definition) is 1. The van der Waals surface area contributed by atoms with Crippen LogP contribution in [-0.2, 0) is 4.79 Å². The summed E-state index contributed by atoms with van der Waals surface area (Å²) in [6, 6.07) is 10.5. The largest absolute Gasteiger partial charge is 0.331 e. The molecule has 1 saturated heterocycles. The molecule has 1 aliphatic carbocycles. The minimum absolute atomic E-state index is 0.0274. The molecule has 1 aliphatic heterocycles. The van der Waals surface area contributed by atoms with Gasteiger partial charge in [0.05, 0.1) is 11.6 Å². The van der Waals surface area contributed by atoms with Crippen molar-refractivity contribution in [2.24, 2.45) is 5.73 Å². The summed E-state index contributed by atoms with van der Waals surface area (Å²) in [5.74, 6) is 0.205. The fourth-order valence-corrected chi connectivity index (χ4v) is 3.25. The van der Waals surface area contributed by atoms with Gasteiger partial charge in [0, 0.05) is 30.1 Å². The molecule has 4 nitrogen and oxygen atoms in total. The number of hydrogen-bond acceptors (Lipinski definition) is 3. The van der Waals surface area contributed by atoms with E-state index < -0.39 is 0 Å². The van der Waals surface area contributed by atoms with Crippen molar-refractivity contribution in [3.8, 4) is 0 Å². The van der Waals surface area contributed by atoms with E-state index >= 15 is 0 Å². The van der Waals surface area contributed by atoms with E-state index in [2.05, 4.69) is 23.2 Å². The van der Waals surface area contributed by atoms with Gasteiger partial charge in [-0.1, -0.05) is 12.1 Å². The van der Waals surface area contributed by atoms with Crippen molar-refractivity contribution >= 4 is 16.8 Å². The number of pyridine rings is 1. The first-order valence-corrected chi connectivity index (χ1v) is 7.15. The van der Waals surface area contributed by atoms with E-state index in [4.69, 9.17) is 5.73 Å². The fourth-order valence-electron chi connectivity index (χ4n) is 3.25. The molecule has 0 radical (unpaired) electrons. The SMILES string of the molecule is NC1CC(=O)N(C2CC2)C1c1ccc2ncccc2c1. The average molecular weight is 267 g/mol. The molecular weight excluding hydrogens is 250 g/mol. The molecule has 4 heteroatoms. The molecule has 1 aromatic carbocycles. The number of likely N-dealkylation sites (tertiary alicyclic amines) is 1. The van der Waals surface area contributed by atoms with Crippen molar-refractivity contribution in [2.75, 3.05) is 0 Å². The summed E-state index contributed by atoms with van der Waals surface area (Å²) in [5, 5.41) is 1.10. The molecule has 1 amide bonds. The molecule has 102 valence electrons. The molecular formula is C16H17N3O. The Morgan fingerprint density at radius 1 is 1.25 bits per heavy atom. The van der Waals surface area contributed by atoms with Crippen LogP contribution in [0.5, 0.6) is 0 Å². The monoisotopic (exact) mass is 267 g/mol. The van der Waals surface area contributed by atoms with Gasteiger partial charge in [0.15, 0.2) is 0 Å². The van der Waals surface area contributed by atoms with Crippen LogP contribution in [0.25, 0.3) is 10.9 Å². The van der Waals surface area contributed by atoms with Gasteiger partial charge in [0.1, 0.15) is 0 Å². The van der Waals surface area contributed by atoms with Crippen molar-refractivity contribution in [3.05, 3.63) is 42.1 Å². The Morgan fingerprint density at radius 3 is 2.90 bits per heavy atom. The lowest BCUT2D eigenvalue weighted by atomic mass is 9.99. The molecule has 2 unspecified atom stereocenters. The van der Waals surface area contributed by atoms with E-state index in [0.29, 0.717) is 12.5 Å². The summed E-state index contributed by atoms with van der Waals surface area (Å²) in [4.78, 5) is 18.5. The van der Waals surface area contributed by atoms with Gasteiger partial charge in [0.2, 0.25) is 5.91 Å². The first kappa shape index (κ1) is 11.9. The molecule has 0 spiro atoms. The van der Waals surface area contributed by atoms with E-state index in [1.165, 1.54) is 0 Å². The lowest BCUT2D eigenvalue weighted by Crippen LogP contribution is -2.34. The van der Waals surface area contributed by atoms with Gasteiger partial charge in [-0.15, -0.1) is 0 Å². The summed E-state index contributed by atoms with van der Waals surface area (Å²) in [5.41, 5.74) is 8.34. The zero-order valence-corrected chi connectivity index (χ0v) is 11.2. The van der Waals surface area contributed by atoms with Crippen LogP contribution in [0.1, 0.15) is 30.9 Å². The minimum Gasteiger partial charge on any atom is -0.331 e. The van der Waals surface area contributed by atoms with Crippen molar-refractivity contribution in [2.45, 2.75) is 37.4 Å². The van der Waals surface area contributed by atoms with E-state index in [9.17, 15) is 4.79 Å². The maximum absolute atomic E-state index is 12.1. The fraction of sp³-hybridized carbons (Fsp3) is 0.375. The van der Waals surface area contributed by atoms with E-state index in [0.717, 1.165) is 29.3 Å². The second kappa shape index (κ2) is 4.28. The number of rotatable bonds is 2. The van der Waals surface area contributed by atoms with E-state index in [-0.39, 0.29) is 18.0 Å². The third-order valence-corrected chi connectivity index (χ3v) is 4.31. The highest BCUT2D eigenvalue weighted by Gasteiger charge is 2.45. The van der Waals surface area contributed by atoms with Crippen molar-refractivity contribution in [3.63, 3.8) is 0 Å². The second-order valence-electron chi connectivity index (χ2n) is 5.80. The number of benzene rings is 1. The summed E-state index contributed by atoms with van der Waals surface area (Å²) < 4.78 is 0. The molecule has 2 atom stereocenters. The molecule has 20 heavy (non-hydrogen) atoms. The zero-order chi connectivity index (χ0) is 13.7. The molecule has 2 aliphatic rings. The van der Waals surface area contributed by atoms with Gasteiger partial charge in [0.25, 0.3) is 0 Å². The van der Waals surface area contributed by atoms with Crippen LogP contribution >= 0.6 is 0 Å². The zero-order valence-electron chi connectivity index (χ0n) is 11.2. The van der Waals surface area contributed by atoms with Gasteiger partial charge in [-0.05, 0) is 36.6 Å². The molecule has 2 fully saturated rings. The summed E-state index contributed by atoms with van der Waals surface area (Å²) in [6.45, 7) is 0. The van der Waals surface area contributed by atoms with Gasteiger partial charge < -0.3 is 10.6 Å². The third kappa shape index (κ3) is 1.79. The lowest BCUT2D eigenvalue weighted by molar-refractivity contribution is -0.129. The third-order valence-electron chi connectivity index (χ3n) is 4.31. The van der Waals surface area contributed by atoms with Crippen LogP contribution < -0.4 is 5.73 Å². The summed E-state index contributed by atoms with van der Waals surface area (Å²) in [7, 11) is 0. The Hall–Kier alpha value is -1.94. The number of fused-ring (bicyclic) bond motifs is 1. The van der Waals surface area contributed by atoms with Crippen LogP contribution in [0.2, 0.25) is 0 Å². The predicted octanol–water partition coefficient (Wildman–Crippen LogP) is 2.00. The Labute approximate surface area is 117 Å². The Bertz CT molecular complexity index is 680. The quantitative estimate of drug-likeness (QED) is 0.905. The number of nitrogens with two attached hydrogens (primary N) is 1. The molecule has 2 N–H and O–H groups in total. The second-order valence-corrected chi connectivity index (χ2v) is 5.80. The Balaban J connectivity index is 1.78. The number of amides is 1. The standard InChI is InChI=1S/C16H17N3O/c17-13-9-15(20)19(12-4-5-12)16(13)11-3-6-14-10(8-11)2-1-7-18-14/h1-3,6-8,12-13,16H,4-5,9,17H2. The van der Waals surface area contributed by atoms with Crippen LogP contribution in [0.3, 0.4) is 0 Å². The van der Waals surface area contributed by atoms with Crippen molar-refractivity contribution in [1.82, 2.24) is 9.88 Å². The van der Waals surface area contributed by atoms with E-state index in [1.807, 2.05) is 17.0 Å². The first-order valence-electron chi connectivity index (χ1n) is 7.15. The van der Waals surface area contributed by atoms with Crippen LogP contribution in [0.15, 0.2) is 36.5 Å². The number of nitrogens with zero attached hydrogens (tertiary/aromatic N) is 2. The van der Waals surface area contributed by atoms with Gasteiger partial charge >= 0.3 is 0 Å². The highest BCUT2D eigenvalue weighted by atomic mass is 16.2. The molecule has 1 aromatic heterocycles. The first-order chi connectivity index (χ1) is 9.74.